The summed E-state index contributed by atoms with van der Waals surface area (Å²) in [4.78, 5) is 27.9. The predicted octanol–water partition coefficient (Wildman–Crippen LogP) is 3.70. The molecule has 0 aliphatic heterocycles. The minimum absolute atomic E-state index is 0.418. The molecule has 7 heteroatoms. The maximum atomic E-state index is 12.1. The lowest BCUT2D eigenvalue weighted by atomic mass is 9.87. The van der Waals surface area contributed by atoms with Crippen LogP contribution in [-0.2, 0) is 16.0 Å². The van der Waals surface area contributed by atoms with Gasteiger partial charge in [-0.15, -0.1) is 0 Å². The molecule has 2 N–H and O–H groups in total. The number of hydrogen-bond donors (Lipinski definition) is 2. The van der Waals surface area contributed by atoms with Gasteiger partial charge in [0, 0.05) is 16.6 Å². The number of amides is 1. The molecule has 0 radical (unpaired) electrons. The number of rotatable bonds is 5. The van der Waals surface area contributed by atoms with Crippen molar-refractivity contribution >= 4 is 28.0 Å². The second-order valence-electron chi connectivity index (χ2n) is 7.48. The number of pyridine rings is 1. The summed E-state index contributed by atoms with van der Waals surface area (Å²) in [5, 5.41) is 11.7. The Bertz CT molecular complexity index is 624. The molecule has 6 nitrogen and oxygen atoms in total. The number of carboxylic acid groups (broad SMARTS) is 1. The summed E-state index contributed by atoms with van der Waals surface area (Å²) in [6.45, 7) is 10.6. The van der Waals surface area contributed by atoms with Crippen molar-refractivity contribution in [2.24, 2.45) is 5.41 Å². The topological polar surface area (TPSA) is 88.5 Å². The highest BCUT2D eigenvalue weighted by Crippen LogP contribution is 2.22. The van der Waals surface area contributed by atoms with E-state index in [4.69, 9.17) is 4.74 Å². The van der Waals surface area contributed by atoms with E-state index in [1.54, 1.807) is 34.6 Å². The number of alkyl carbamates (subject to hydrolysis) is 1. The molecule has 134 valence electrons. The van der Waals surface area contributed by atoms with Crippen molar-refractivity contribution in [3.05, 3.63) is 28.0 Å². The van der Waals surface area contributed by atoms with Gasteiger partial charge in [-0.3, -0.25) is 4.98 Å². The number of aromatic nitrogens is 1. The fraction of sp³-hybridized carbons (Fsp3) is 0.588. The number of ether oxygens (including phenoxy) is 1. The van der Waals surface area contributed by atoms with Gasteiger partial charge in [0.1, 0.15) is 11.6 Å². The van der Waals surface area contributed by atoms with Crippen LogP contribution in [0.15, 0.2) is 16.6 Å². The number of nitrogens with zero attached hydrogens (tertiary/aromatic N) is 1. The summed E-state index contributed by atoms with van der Waals surface area (Å²) >= 11 is 3.40. The van der Waals surface area contributed by atoms with Gasteiger partial charge in [0.2, 0.25) is 0 Å². The molecular formula is C17H25BrN2O4. The number of hydrogen-bond acceptors (Lipinski definition) is 4. The monoisotopic (exact) mass is 400 g/mol. The van der Waals surface area contributed by atoms with Crippen molar-refractivity contribution in [3.8, 4) is 0 Å². The van der Waals surface area contributed by atoms with Crippen molar-refractivity contribution in [1.29, 1.82) is 0 Å². The van der Waals surface area contributed by atoms with E-state index in [0.29, 0.717) is 6.42 Å². The molecular weight excluding hydrogens is 376 g/mol. The first kappa shape index (κ1) is 20.4. The molecule has 1 rings (SSSR count). The first-order chi connectivity index (χ1) is 10.8. The van der Waals surface area contributed by atoms with Gasteiger partial charge in [0.15, 0.2) is 0 Å². The Balaban J connectivity index is 2.76. The van der Waals surface area contributed by atoms with Crippen LogP contribution in [0.1, 0.15) is 46.0 Å². The molecule has 0 saturated heterocycles. The molecule has 0 saturated carbocycles. The second kappa shape index (κ2) is 7.51. The normalized spacial score (nSPS) is 13.3. The number of carbonyl (C=O) groups is 2. The largest absolute Gasteiger partial charge is 0.480 e. The zero-order chi connectivity index (χ0) is 18.7. The molecule has 1 atom stereocenters. The quantitative estimate of drug-likeness (QED) is 0.786. The van der Waals surface area contributed by atoms with Crippen LogP contribution in [0.25, 0.3) is 0 Å². The summed E-state index contributed by atoms with van der Waals surface area (Å²) < 4.78 is 6.34. The van der Waals surface area contributed by atoms with Gasteiger partial charge in [0.05, 0.1) is 5.69 Å². The first-order valence-electron chi connectivity index (χ1n) is 7.66. The molecule has 0 bridgehead atoms. The van der Waals surface area contributed by atoms with Crippen LogP contribution in [0.4, 0.5) is 4.79 Å². The van der Waals surface area contributed by atoms with E-state index < -0.39 is 29.1 Å². The number of aliphatic carboxylic acids is 1. The average molecular weight is 401 g/mol. The smallest absolute Gasteiger partial charge is 0.408 e. The summed E-state index contributed by atoms with van der Waals surface area (Å²) in [5.74, 6) is -1.09. The third-order valence-electron chi connectivity index (χ3n) is 3.43. The van der Waals surface area contributed by atoms with E-state index in [9.17, 15) is 14.7 Å². The molecule has 0 spiro atoms. The average Bonchev–Trinajstić information content (AvgIpc) is 2.37. The molecule has 0 aliphatic rings. The highest BCUT2D eigenvalue weighted by atomic mass is 79.9. The lowest BCUT2D eigenvalue weighted by Gasteiger charge is -2.30. The van der Waals surface area contributed by atoms with Gasteiger partial charge in [-0.1, -0.05) is 20.8 Å². The highest BCUT2D eigenvalue weighted by Gasteiger charge is 2.34. The number of aryl methyl sites for hydroxylation is 1. The minimum Gasteiger partial charge on any atom is -0.480 e. The van der Waals surface area contributed by atoms with Crippen LogP contribution in [-0.4, -0.2) is 33.8 Å². The zero-order valence-electron chi connectivity index (χ0n) is 14.9. The van der Waals surface area contributed by atoms with E-state index >= 15 is 0 Å². The van der Waals surface area contributed by atoms with Crippen LogP contribution >= 0.6 is 15.9 Å². The Morgan fingerprint density at radius 2 is 1.88 bits per heavy atom. The van der Waals surface area contributed by atoms with Crippen molar-refractivity contribution < 1.29 is 19.4 Å². The Labute approximate surface area is 151 Å². The minimum atomic E-state index is -1.09. The van der Waals surface area contributed by atoms with Gasteiger partial charge in [-0.05, 0) is 54.2 Å². The lowest BCUT2D eigenvalue weighted by molar-refractivity contribution is -0.142. The van der Waals surface area contributed by atoms with Gasteiger partial charge in [0.25, 0.3) is 0 Å². The summed E-state index contributed by atoms with van der Waals surface area (Å²) in [7, 11) is 0. The Morgan fingerprint density at radius 1 is 1.29 bits per heavy atom. The summed E-state index contributed by atoms with van der Waals surface area (Å²) in [6, 6.07) is 2.72. The summed E-state index contributed by atoms with van der Waals surface area (Å²) in [6.07, 6.45) is -0.335. The fourth-order valence-electron chi connectivity index (χ4n) is 2.21. The van der Waals surface area contributed by atoms with Crippen molar-refractivity contribution in [3.63, 3.8) is 0 Å². The van der Waals surface area contributed by atoms with Crippen molar-refractivity contribution in [2.45, 2.75) is 59.6 Å². The molecule has 1 unspecified atom stereocenters. The van der Waals surface area contributed by atoms with Crippen LogP contribution in [0.3, 0.4) is 0 Å². The van der Waals surface area contributed by atoms with Crippen LogP contribution < -0.4 is 5.32 Å². The van der Waals surface area contributed by atoms with E-state index in [1.165, 1.54) is 0 Å². The number of halogens is 1. The third kappa shape index (κ3) is 6.11. The van der Waals surface area contributed by atoms with E-state index in [1.807, 2.05) is 19.1 Å². The van der Waals surface area contributed by atoms with Gasteiger partial charge >= 0.3 is 12.1 Å². The SMILES string of the molecule is Cc1nc(CC(C)(C)OC(=O)NC(C(=O)O)C(C)(C)C)ccc1Br. The first-order valence-corrected chi connectivity index (χ1v) is 8.45. The maximum absolute atomic E-state index is 12.1. The van der Waals surface area contributed by atoms with Crippen LogP contribution in [0.5, 0.6) is 0 Å². The second-order valence-corrected chi connectivity index (χ2v) is 8.33. The Morgan fingerprint density at radius 3 is 2.33 bits per heavy atom. The van der Waals surface area contributed by atoms with E-state index in [0.717, 1.165) is 15.9 Å². The van der Waals surface area contributed by atoms with Gasteiger partial charge in [-0.2, -0.15) is 0 Å². The van der Waals surface area contributed by atoms with E-state index in [-0.39, 0.29) is 0 Å². The molecule has 1 heterocycles. The van der Waals surface area contributed by atoms with E-state index in [2.05, 4.69) is 26.2 Å². The number of carboxylic acids is 1. The molecule has 1 aromatic rings. The van der Waals surface area contributed by atoms with Crippen molar-refractivity contribution in [1.82, 2.24) is 10.3 Å². The maximum Gasteiger partial charge on any atom is 0.408 e. The highest BCUT2D eigenvalue weighted by molar-refractivity contribution is 9.10. The molecule has 0 fully saturated rings. The zero-order valence-corrected chi connectivity index (χ0v) is 16.5. The Kier molecular flexibility index (Phi) is 6.38. The molecule has 0 aromatic carbocycles. The van der Waals surface area contributed by atoms with Gasteiger partial charge in [-0.25, -0.2) is 9.59 Å². The number of nitrogens with one attached hydrogen (secondary N) is 1. The van der Waals surface area contributed by atoms with Gasteiger partial charge < -0.3 is 15.2 Å². The molecule has 1 amide bonds. The number of carbonyl (C=O) groups excluding carboxylic acids is 1. The lowest BCUT2D eigenvalue weighted by Crippen LogP contribution is -2.50. The predicted molar refractivity (Wildman–Crippen MR) is 95.0 cm³/mol. The fourth-order valence-corrected chi connectivity index (χ4v) is 2.43. The molecule has 0 aliphatic carbocycles. The molecule has 24 heavy (non-hydrogen) atoms. The third-order valence-corrected chi connectivity index (χ3v) is 4.27. The summed E-state index contributed by atoms with van der Waals surface area (Å²) in [5.41, 5.74) is 0.197. The van der Waals surface area contributed by atoms with Crippen LogP contribution in [0, 0.1) is 12.3 Å². The molecule has 1 aromatic heterocycles. The Hall–Kier alpha value is -1.63. The van der Waals surface area contributed by atoms with Crippen LogP contribution in [0.2, 0.25) is 0 Å². The van der Waals surface area contributed by atoms with Crippen molar-refractivity contribution in [2.75, 3.05) is 0 Å². The standard InChI is InChI=1S/C17H25BrN2O4/c1-10-12(18)8-7-11(19-10)9-17(5,6)24-15(23)20-13(14(21)22)16(2,3)4/h7-8,13H,9H2,1-6H3,(H,20,23)(H,21,22).